The van der Waals surface area contributed by atoms with Gasteiger partial charge in [0, 0.05) is 0 Å². The quantitative estimate of drug-likeness (QED) is 0.773. The van der Waals surface area contributed by atoms with Gasteiger partial charge in [0.25, 0.3) is 0 Å². The molecule has 2 rings (SSSR count). The van der Waals surface area contributed by atoms with E-state index in [9.17, 15) is 0 Å². The highest BCUT2D eigenvalue weighted by Crippen LogP contribution is 2.34. The second-order valence-corrected chi connectivity index (χ2v) is 5.05. The highest BCUT2D eigenvalue weighted by atomic mass is 79.9. The average Bonchev–Trinajstić information content (AvgIpc) is 2.36. The van der Waals surface area contributed by atoms with E-state index in [1.54, 1.807) is 24.3 Å². The summed E-state index contributed by atoms with van der Waals surface area (Å²) in [5.74, 6) is 1.23. The number of hydrogen-bond donors (Lipinski definition) is 0. The predicted molar refractivity (Wildman–Crippen MR) is 75.1 cm³/mol. The van der Waals surface area contributed by atoms with Crippen molar-refractivity contribution in [3.05, 3.63) is 57.0 Å². The molecule has 0 N–H and O–H groups in total. The van der Waals surface area contributed by atoms with Crippen LogP contribution in [0, 0.1) is 18.3 Å². The molecule has 2 aromatic carbocycles. The minimum Gasteiger partial charge on any atom is -0.455 e. The van der Waals surface area contributed by atoms with E-state index in [2.05, 4.69) is 22.0 Å². The number of hydrogen-bond acceptors (Lipinski definition) is 2. The Morgan fingerprint density at radius 2 is 1.94 bits per heavy atom. The number of ether oxygens (including phenoxy) is 1. The Labute approximate surface area is 119 Å². The lowest BCUT2D eigenvalue weighted by Crippen LogP contribution is -1.88. The summed E-state index contributed by atoms with van der Waals surface area (Å²) in [5, 5.41) is 9.34. The van der Waals surface area contributed by atoms with Crippen molar-refractivity contribution < 1.29 is 4.74 Å². The van der Waals surface area contributed by atoms with Crippen LogP contribution in [0.1, 0.15) is 11.1 Å². The Balaban J connectivity index is 2.34. The zero-order valence-corrected chi connectivity index (χ0v) is 11.9. The minimum atomic E-state index is 0.553. The van der Waals surface area contributed by atoms with Crippen LogP contribution in [0.25, 0.3) is 0 Å². The first-order valence-electron chi connectivity index (χ1n) is 5.24. The van der Waals surface area contributed by atoms with Crippen LogP contribution < -0.4 is 4.74 Å². The Bertz CT molecular complexity index is 634. The highest BCUT2D eigenvalue weighted by Gasteiger charge is 2.07. The topological polar surface area (TPSA) is 33.0 Å². The first-order chi connectivity index (χ1) is 8.60. The van der Waals surface area contributed by atoms with Gasteiger partial charge in [-0.3, -0.25) is 0 Å². The van der Waals surface area contributed by atoms with Crippen LogP contribution >= 0.6 is 27.5 Å². The number of halogens is 2. The molecule has 0 saturated carbocycles. The SMILES string of the molecule is Cc1ccc(Cl)c(Oc2ccc(C#N)cc2Br)c1. The van der Waals surface area contributed by atoms with Crippen molar-refractivity contribution in [2.75, 3.05) is 0 Å². The molecular weight excluding hydrogens is 314 g/mol. The van der Waals surface area contributed by atoms with Gasteiger partial charge in [-0.1, -0.05) is 17.7 Å². The van der Waals surface area contributed by atoms with E-state index in [1.165, 1.54) is 0 Å². The molecule has 0 aliphatic heterocycles. The Morgan fingerprint density at radius 3 is 2.61 bits per heavy atom. The fourth-order valence-corrected chi connectivity index (χ4v) is 2.08. The molecule has 2 aromatic rings. The van der Waals surface area contributed by atoms with Crippen LogP contribution in [0.15, 0.2) is 40.9 Å². The van der Waals surface area contributed by atoms with Crippen LogP contribution in [0.5, 0.6) is 11.5 Å². The van der Waals surface area contributed by atoms with Gasteiger partial charge >= 0.3 is 0 Å². The van der Waals surface area contributed by atoms with Gasteiger partial charge in [0.05, 0.1) is 21.1 Å². The lowest BCUT2D eigenvalue weighted by Gasteiger charge is -2.10. The molecule has 0 aliphatic rings. The molecule has 18 heavy (non-hydrogen) atoms. The predicted octanol–water partition coefficient (Wildman–Crippen LogP) is 5.07. The van der Waals surface area contributed by atoms with Gasteiger partial charge in [-0.25, -0.2) is 0 Å². The van der Waals surface area contributed by atoms with Crippen molar-refractivity contribution in [3.8, 4) is 17.6 Å². The van der Waals surface area contributed by atoms with E-state index in [0.29, 0.717) is 22.1 Å². The standard InChI is InChI=1S/C14H9BrClNO/c1-9-2-4-12(16)14(6-9)18-13-5-3-10(8-17)7-11(13)15/h2-7H,1H3. The number of benzene rings is 2. The first kappa shape index (κ1) is 12.9. The number of rotatable bonds is 2. The maximum Gasteiger partial charge on any atom is 0.146 e. The van der Waals surface area contributed by atoms with Crippen molar-refractivity contribution >= 4 is 27.5 Å². The van der Waals surface area contributed by atoms with E-state index in [4.69, 9.17) is 21.6 Å². The lowest BCUT2D eigenvalue weighted by molar-refractivity contribution is 0.479. The van der Waals surface area contributed by atoms with Gasteiger partial charge in [-0.2, -0.15) is 5.26 Å². The zero-order chi connectivity index (χ0) is 13.1. The third kappa shape index (κ3) is 2.84. The van der Waals surface area contributed by atoms with Crippen molar-refractivity contribution in [1.29, 1.82) is 5.26 Å². The van der Waals surface area contributed by atoms with Crippen molar-refractivity contribution in [2.24, 2.45) is 0 Å². The minimum absolute atomic E-state index is 0.553. The Kier molecular flexibility index (Phi) is 3.90. The van der Waals surface area contributed by atoms with Crippen LogP contribution in [0.3, 0.4) is 0 Å². The number of nitrogens with zero attached hydrogens (tertiary/aromatic N) is 1. The van der Waals surface area contributed by atoms with Gasteiger partial charge in [0.15, 0.2) is 0 Å². The maximum absolute atomic E-state index is 8.79. The van der Waals surface area contributed by atoms with Crippen LogP contribution in [-0.4, -0.2) is 0 Å². The number of nitriles is 1. The molecule has 0 aliphatic carbocycles. The van der Waals surface area contributed by atoms with Gasteiger partial charge in [0.2, 0.25) is 0 Å². The molecule has 0 heterocycles. The van der Waals surface area contributed by atoms with Crippen LogP contribution in [0.2, 0.25) is 5.02 Å². The van der Waals surface area contributed by atoms with Crippen LogP contribution in [0.4, 0.5) is 0 Å². The monoisotopic (exact) mass is 321 g/mol. The van der Waals surface area contributed by atoms with Gasteiger partial charge < -0.3 is 4.74 Å². The normalized spacial score (nSPS) is 9.89. The molecule has 0 radical (unpaired) electrons. The van der Waals surface area contributed by atoms with Gasteiger partial charge in [0.1, 0.15) is 11.5 Å². The third-order valence-corrected chi connectivity index (χ3v) is 3.30. The molecule has 0 aromatic heterocycles. The Morgan fingerprint density at radius 1 is 1.17 bits per heavy atom. The van der Waals surface area contributed by atoms with E-state index in [1.807, 2.05) is 19.1 Å². The molecule has 90 valence electrons. The summed E-state index contributed by atoms with van der Waals surface area (Å²) in [4.78, 5) is 0. The summed E-state index contributed by atoms with van der Waals surface area (Å²) in [5.41, 5.74) is 1.64. The van der Waals surface area contributed by atoms with Crippen molar-refractivity contribution in [1.82, 2.24) is 0 Å². The zero-order valence-electron chi connectivity index (χ0n) is 9.58. The summed E-state index contributed by atoms with van der Waals surface area (Å²) in [6.45, 7) is 1.97. The number of aryl methyl sites for hydroxylation is 1. The molecule has 0 spiro atoms. The summed E-state index contributed by atoms with van der Waals surface area (Å²) < 4.78 is 6.45. The van der Waals surface area contributed by atoms with Gasteiger partial charge in [-0.05, 0) is 58.7 Å². The molecule has 0 amide bonds. The summed E-state index contributed by atoms with van der Waals surface area (Å²) in [7, 11) is 0. The van der Waals surface area contributed by atoms with E-state index < -0.39 is 0 Å². The lowest BCUT2D eigenvalue weighted by atomic mass is 10.2. The second kappa shape index (κ2) is 5.43. The van der Waals surface area contributed by atoms with E-state index in [-0.39, 0.29) is 0 Å². The fraction of sp³-hybridized carbons (Fsp3) is 0.0714. The summed E-state index contributed by atoms with van der Waals surface area (Å²) in [6.07, 6.45) is 0. The molecule has 0 atom stereocenters. The largest absolute Gasteiger partial charge is 0.455 e. The average molecular weight is 323 g/mol. The fourth-order valence-electron chi connectivity index (χ4n) is 1.46. The summed E-state index contributed by atoms with van der Waals surface area (Å²) >= 11 is 9.43. The van der Waals surface area contributed by atoms with Crippen molar-refractivity contribution in [2.45, 2.75) is 6.92 Å². The molecule has 0 bridgehead atoms. The molecule has 2 nitrogen and oxygen atoms in total. The highest BCUT2D eigenvalue weighted by molar-refractivity contribution is 9.10. The van der Waals surface area contributed by atoms with E-state index in [0.717, 1.165) is 10.0 Å². The smallest absolute Gasteiger partial charge is 0.146 e. The Hall–Kier alpha value is -1.50. The molecule has 0 fully saturated rings. The van der Waals surface area contributed by atoms with E-state index >= 15 is 0 Å². The van der Waals surface area contributed by atoms with Crippen molar-refractivity contribution in [3.63, 3.8) is 0 Å². The molecule has 0 unspecified atom stereocenters. The second-order valence-electron chi connectivity index (χ2n) is 3.79. The first-order valence-corrected chi connectivity index (χ1v) is 6.41. The molecular formula is C14H9BrClNO. The molecule has 4 heteroatoms. The van der Waals surface area contributed by atoms with Crippen LogP contribution in [-0.2, 0) is 0 Å². The summed E-state index contributed by atoms with van der Waals surface area (Å²) in [6, 6.07) is 12.8. The maximum atomic E-state index is 8.79. The third-order valence-electron chi connectivity index (χ3n) is 2.37. The van der Waals surface area contributed by atoms with Gasteiger partial charge in [-0.15, -0.1) is 0 Å². The molecule has 0 saturated heterocycles.